The Morgan fingerprint density at radius 1 is 1.18 bits per heavy atom. The molecule has 1 aromatic heterocycles. The topological polar surface area (TPSA) is 92.3 Å². The molecule has 7 nitrogen and oxygen atoms in total. The van der Waals surface area contributed by atoms with Gasteiger partial charge in [-0.2, -0.15) is 13.2 Å². The molecule has 1 amide bonds. The van der Waals surface area contributed by atoms with Crippen molar-refractivity contribution in [1.29, 1.82) is 0 Å². The van der Waals surface area contributed by atoms with E-state index in [9.17, 15) is 26.4 Å². The van der Waals surface area contributed by atoms with Gasteiger partial charge in [0.1, 0.15) is 0 Å². The van der Waals surface area contributed by atoms with Gasteiger partial charge in [0.25, 0.3) is 5.91 Å². The zero-order valence-electron chi connectivity index (χ0n) is 20.5. The van der Waals surface area contributed by atoms with Gasteiger partial charge in [0.2, 0.25) is 5.95 Å². The van der Waals surface area contributed by atoms with Gasteiger partial charge in [-0.25, -0.2) is 18.4 Å². The number of carbonyl (C=O) groups is 1. The molecule has 34 heavy (non-hydrogen) atoms. The van der Waals surface area contributed by atoms with Crippen molar-refractivity contribution in [2.24, 2.45) is 5.41 Å². The molecule has 2 atom stereocenters. The Balaban J connectivity index is 2.10. The predicted molar refractivity (Wildman–Crippen MR) is 126 cm³/mol. The van der Waals surface area contributed by atoms with Gasteiger partial charge in [0, 0.05) is 25.3 Å². The molecule has 11 heteroatoms. The maximum absolute atomic E-state index is 13.7. The number of anilines is 1. The lowest BCUT2D eigenvalue weighted by atomic mass is 9.77. The largest absolute Gasteiger partial charge is 0.434 e. The first-order valence-corrected chi connectivity index (χ1v) is 13.8. The van der Waals surface area contributed by atoms with Crippen LogP contribution in [-0.4, -0.2) is 59.8 Å². The number of nitrogens with one attached hydrogen (secondary N) is 1. The lowest BCUT2D eigenvalue weighted by molar-refractivity contribution is -0.141. The molecule has 2 unspecified atom stereocenters. The molecule has 1 aromatic rings. The van der Waals surface area contributed by atoms with E-state index >= 15 is 0 Å². The molecular weight excluding hydrogens is 469 g/mol. The lowest BCUT2D eigenvalue weighted by Gasteiger charge is -2.30. The van der Waals surface area contributed by atoms with Crippen LogP contribution in [0.4, 0.5) is 19.1 Å². The van der Waals surface area contributed by atoms with Crippen LogP contribution in [-0.2, 0) is 16.0 Å². The highest BCUT2D eigenvalue weighted by atomic mass is 32.2. The molecule has 0 radical (unpaired) electrons. The van der Waals surface area contributed by atoms with Gasteiger partial charge in [-0.15, -0.1) is 0 Å². The molecule has 0 saturated carbocycles. The molecule has 2 rings (SSSR count). The normalized spacial score (nSPS) is 18.9. The minimum Gasteiger partial charge on any atom is -0.352 e. The molecule has 0 aliphatic carbocycles. The Hall–Kier alpha value is -1.91. The van der Waals surface area contributed by atoms with Crippen LogP contribution in [0.2, 0.25) is 0 Å². The molecule has 0 bridgehead atoms. The fourth-order valence-electron chi connectivity index (χ4n) is 4.05. The Bertz CT molecular complexity index is 926. The maximum atomic E-state index is 13.7. The van der Waals surface area contributed by atoms with Crippen LogP contribution >= 0.6 is 0 Å². The Morgan fingerprint density at radius 3 is 2.38 bits per heavy atom. The van der Waals surface area contributed by atoms with Crippen molar-refractivity contribution >= 4 is 21.7 Å². The molecule has 1 N–H and O–H groups in total. The molecule has 2 heterocycles. The van der Waals surface area contributed by atoms with Crippen LogP contribution in [0.5, 0.6) is 0 Å². The number of halogens is 3. The zero-order valence-corrected chi connectivity index (χ0v) is 21.4. The third kappa shape index (κ3) is 8.09. The van der Waals surface area contributed by atoms with Gasteiger partial charge >= 0.3 is 6.18 Å². The van der Waals surface area contributed by atoms with E-state index in [4.69, 9.17) is 0 Å². The summed E-state index contributed by atoms with van der Waals surface area (Å²) < 4.78 is 64.3. The van der Waals surface area contributed by atoms with E-state index in [0.717, 1.165) is 43.2 Å². The Kier molecular flexibility index (Phi) is 9.73. The van der Waals surface area contributed by atoms with Gasteiger partial charge in [0.15, 0.2) is 15.5 Å². The summed E-state index contributed by atoms with van der Waals surface area (Å²) in [5, 5.41) is 2.95. The van der Waals surface area contributed by atoms with Crippen LogP contribution in [0.3, 0.4) is 0 Å². The monoisotopic (exact) mass is 506 g/mol. The molecule has 194 valence electrons. The maximum Gasteiger partial charge on any atom is 0.434 e. The number of carbonyl (C=O) groups excluding carboxylic acids is 1. The van der Waals surface area contributed by atoms with E-state index in [0.29, 0.717) is 0 Å². The molecule has 0 spiro atoms. The third-order valence-corrected chi connectivity index (χ3v) is 8.32. The van der Waals surface area contributed by atoms with E-state index in [1.54, 1.807) is 0 Å². The van der Waals surface area contributed by atoms with Crippen LogP contribution in [0, 0.1) is 5.41 Å². The van der Waals surface area contributed by atoms with E-state index in [1.807, 2.05) is 6.92 Å². The van der Waals surface area contributed by atoms with E-state index in [-0.39, 0.29) is 42.0 Å². The molecular formula is C23H37F3N4O3S. The fourth-order valence-corrected chi connectivity index (χ4v) is 5.25. The average molecular weight is 507 g/mol. The Morgan fingerprint density at radius 2 is 1.82 bits per heavy atom. The van der Waals surface area contributed by atoms with Crippen molar-refractivity contribution in [2.75, 3.05) is 29.9 Å². The van der Waals surface area contributed by atoms with Crippen molar-refractivity contribution in [1.82, 2.24) is 14.9 Å². The quantitative estimate of drug-likeness (QED) is 0.427. The minimum atomic E-state index is -4.85. The van der Waals surface area contributed by atoms with Gasteiger partial charge < -0.3 is 10.2 Å². The predicted octanol–water partition coefficient (Wildman–Crippen LogP) is 4.94. The smallest absolute Gasteiger partial charge is 0.352 e. The number of aromatic nitrogens is 2. The van der Waals surface area contributed by atoms with Crippen LogP contribution in [0.1, 0.15) is 88.7 Å². The van der Waals surface area contributed by atoms with Crippen molar-refractivity contribution in [2.45, 2.75) is 84.9 Å². The number of nitrogens with zero attached hydrogens (tertiary/aromatic N) is 3. The van der Waals surface area contributed by atoms with Crippen molar-refractivity contribution in [3.8, 4) is 0 Å². The summed E-state index contributed by atoms with van der Waals surface area (Å²) in [6.45, 7) is 8.16. The summed E-state index contributed by atoms with van der Waals surface area (Å²) in [5.74, 6) is -1.63. The van der Waals surface area contributed by atoms with Crippen LogP contribution in [0.25, 0.3) is 0 Å². The SMILES string of the molecule is CCCCCC(C)(CC)CCC(C)Nc1ncc(C(=O)N2CCS(=O)(=O)CC2)c(C(F)(F)F)n1. The van der Waals surface area contributed by atoms with Crippen molar-refractivity contribution in [3.05, 3.63) is 17.5 Å². The summed E-state index contributed by atoms with van der Waals surface area (Å²) in [6.07, 6.45) is 3.39. The fraction of sp³-hybridized carbons (Fsp3) is 0.783. The average Bonchev–Trinajstić information content (AvgIpc) is 2.77. The third-order valence-electron chi connectivity index (χ3n) is 6.71. The van der Waals surface area contributed by atoms with Gasteiger partial charge in [-0.05, 0) is 31.6 Å². The minimum absolute atomic E-state index is 0.146. The van der Waals surface area contributed by atoms with E-state index < -0.39 is 33.2 Å². The molecule has 1 saturated heterocycles. The van der Waals surface area contributed by atoms with Gasteiger partial charge in [0.05, 0.1) is 17.1 Å². The highest BCUT2D eigenvalue weighted by Gasteiger charge is 2.40. The summed E-state index contributed by atoms with van der Waals surface area (Å²) in [5.41, 5.74) is -1.80. The zero-order chi connectivity index (χ0) is 25.6. The van der Waals surface area contributed by atoms with Crippen LogP contribution < -0.4 is 5.32 Å². The van der Waals surface area contributed by atoms with Gasteiger partial charge in [-0.1, -0.05) is 46.5 Å². The number of hydrogen-bond acceptors (Lipinski definition) is 6. The summed E-state index contributed by atoms with van der Waals surface area (Å²) in [6, 6.07) is -0.146. The molecule has 1 fully saturated rings. The Labute approximate surface area is 200 Å². The highest BCUT2D eigenvalue weighted by Crippen LogP contribution is 2.35. The number of amides is 1. The molecule has 1 aliphatic rings. The number of sulfone groups is 1. The molecule has 1 aliphatic heterocycles. The number of alkyl halides is 3. The number of hydrogen-bond donors (Lipinski definition) is 1. The second-order valence-electron chi connectivity index (χ2n) is 9.60. The summed E-state index contributed by atoms with van der Waals surface area (Å²) in [4.78, 5) is 21.4. The second kappa shape index (κ2) is 11.7. The first kappa shape index (κ1) is 28.3. The lowest BCUT2D eigenvalue weighted by Crippen LogP contribution is -2.44. The first-order valence-electron chi connectivity index (χ1n) is 12.0. The standard InChI is InChI=1S/C23H37F3N4O3S/c1-5-7-8-10-22(4,6-2)11-9-17(3)28-21-27-16-18(19(29-21)23(24,25)26)20(31)30-12-14-34(32,33)15-13-30/h16-17H,5-15H2,1-4H3,(H,27,28,29). The number of unbranched alkanes of at least 4 members (excludes halogenated alkanes) is 2. The first-order chi connectivity index (χ1) is 15.8. The van der Waals surface area contributed by atoms with E-state index in [1.165, 1.54) is 12.8 Å². The number of rotatable bonds is 11. The van der Waals surface area contributed by atoms with Crippen LogP contribution in [0.15, 0.2) is 6.20 Å². The van der Waals surface area contributed by atoms with E-state index in [2.05, 4.69) is 36.1 Å². The summed E-state index contributed by atoms with van der Waals surface area (Å²) in [7, 11) is -3.27. The van der Waals surface area contributed by atoms with Crippen molar-refractivity contribution in [3.63, 3.8) is 0 Å². The molecule has 0 aromatic carbocycles. The highest BCUT2D eigenvalue weighted by molar-refractivity contribution is 7.91. The van der Waals surface area contributed by atoms with Gasteiger partial charge in [-0.3, -0.25) is 4.79 Å². The second-order valence-corrected chi connectivity index (χ2v) is 11.9. The van der Waals surface area contributed by atoms with Crippen molar-refractivity contribution < 1.29 is 26.4 Å². The summed E-state index contributed by atoms with van der Waals surface area (Å²) >= 11 is 0.